The summed E-state index contributed by atoms with van der Waals surface area (Å²) in [5.74, 6) is -1.84. The summed E-state index contributed by atoms with van der Waals surface area (Å²) in [5.41, 5.74) is -2.55. The summed E-state index contributed by atoms with van der Waals surface area (Å²) >= 11 is 0. The summed E-state index contributed by atoms with van der Waals surface area (Å²) in [4.78, 5) is 24.6. The Bertz CT molecular complexity index is 585. The summed E-state index contributed by atoms with van der Waals surface area (Å²) in [7, 11) is 0. The van der Waals surface area contributed by atoms with Gasteiger partial charge in [-0.05, 0) is 25.5 Å². The monoisotopic (exact) mass is 301 g/mol. The second kappa shape index (κ2) is 5.05. The standard InChI is InChI=1S/C14H14F3NO3/c1-13(12(20)21)6-7-18(8-13)11(19)9-4-2-3-5-10(9)14(15,16)17/h2-5H,6-8H2,1H3,(H,20,21)/t13-/m1/s1. The first-order chi connectivity index (χ1) is 9.65. The number of benzene rings is 1. The lowest BCUT2D eigenvalue weighted by atomic mass is 9.90. The number of amides is 1. The molecule has 1 N–H and O–H groups in total. The van der Waals surface area contributed by atoms with Gasteiger partial charge >= 0.3 is 12.1 Å². The number of carbonyl (C=O) groups excluding carboxylic acids is 1. The molecular formula is C14H14F3NO3. The molecule has 1 aromatic rings. The van der Waals surface area contributed by atoms with Gasteiger partial charge in [-0.3, -0.25) is 9.59 Å². The molecule has 0 spiro atoms. The van der Waals surface area contributed by atoms with Crippen LogP contribution in [-0.2, 0) is 11.0 Å². The molecule has 1 heterocycles. The maximum absolute atomic E-state index is 12.9. The lowest BCUT2D eigenvalue weighted by Gasteiger charge is -2.21. The van der Waals surface area contributed by atoms with Gasteiger partial charge in [0.25, 0.3) is 5.91 Å². The molecule has 0 aliphatic carbocycles. The Morgan fingerprint density at radius 1 is 1.29 bits per heavy atom. The van der Waals surface area contributed by atoms with Crippen LogP contribution in [0.1, 0.15) is 29.3 Å². The zero-order valence-corrected chi connectivity index (χ0v) is 11.3. The molecular weight excluding hydrogens is 287 g/mol. The summed E-state index contributed by atoms with van der Waals surface area (Å²) in [6.45, 7) is 1.53. The smallest absolute Gasteiger partial charge is 0.417 e. The fourth-order valence-corrected chi connectivity index (χ4v) is 2.40. The molecule has 0 bridgehead atoms. The Morgan fingerprint density at radius 3 is 2.43 bits per heavy atom. The van der Waals surface area contributed by atoms with E-state index in [1.54, 1.807) is 0 Å². The number of likely N-dealkylation sites (tertiary alicyclic amines) is 1. The highest BCUT2D eigenvalue weighted by Crippen LogP contribution is 2.35. The van der Waals surface area contributed by atoms with Gasteiger partial charge in [0, 0.05) is 13.1 Å². The predicted octanol–water partition coefficient (Wildman–Crippen LogP) is 2.64. The highest BCUT2D eigenvalue weighted by atomic mass is 19.4. The number of hydrogen-bond acceptors (Lipinski definition) is 2. The molecule has 1 aliphatic rings. The lowest BCUT2D eigenvalue weighted by molar-refractivity contribution is -0.147. The van der Waals surface area contributed by atoms with Crippen molar-refractivity contribution in [1.82, 2.24) is 4.90 Å². The average molecular weight is 301 g/mol. The minimum absolute atomic E-state index is 0.0899. The molecule has 1 aromatic carbocycles. The van der Waals surface area contributed by atoms with Crippen molar-refractivity contribution in [3.05, 3.63) is 35.4 Å². The minimum Gasteiger partial charge on any atom is -0.481 e. The zero-order chi connectivity index (χ0) is 15.8. The van der Waals surface area contributed by atoms with Crippen LogP contribution in [0.2, 0.25) is 0 Å². The number of carboxylic acid groups (broad SMARTS) is 1. The molecule has 0 saturated carbocycles. The van der Waals surface area contributed by atoms with Gasteiger partial charge in [0.05, 0.1) is 16.5 Å². The third-order valence-corrected chi connectivity index (χ3v) is 3.74. The molecule has 0 radical (unpaired) electrons. The van der Waals surface area contributed by atoms with Crippen molar-refractivity contribution in [2.75, 3.05) is 13.1 Å². The molecule has 1 aliphatic heterocycles. The number of hydrogen-bond donors (Lipinski definition) is 1. The minimum atomic E-state index is -4.62. The van der Waals surface area contributed by atoms with Gasteiger partial charge in [0.15, 0.2) is 0 Å². The van der Waals surface area contributed by atoms with Crippen LogP contribution in [0.3, 0.4) is 0 Å². The van der Waals surface area contributed by atoms with Crippen molar-refractivity contribution >= 4 is 11.9 Å². The van der Waals surface area contributed by atoms with E-state index in [0.717, 1.165) is 12.1 Å². The van der Waals surface area contributed by atoms with Gasteiger partial charge in [-0.1, -0.05) is 12.1 Å². The Kier molecular flexibility index (Phi) is 3.69. The fraction of sp³-hybridized carbons (Fsp3) is 0.429. The van der Waals surface area contributed by atoms with Crippen LogP contribution in [0, 0.1) is 5.41 Å². The quantitative estimate of drug-likeness (QED) is 0.913. The number of halogens is 3. The SMILES string of the molecule is C[C@@]1(C(=O)O)CCN(C(=O)c2ccccc2C(F)(F)F)C1. The molecule has 21 heavy (non-hydrogen) atoms. The summed E-state index contributed by atoms with van der Waals surface area (Å²) in [5, 5.41) is 9.11. The fourth-order valence-electron chi connectivity index (χ4n) is 2.40. The van der Waals surface area contributed by atoms with Crippen LogP contribution in [0.4, 0.5) is 13.2 Å². The first-order valence-electron chi connectivity index (χ1n) is 6.34. The molecule has 114 valence electrons. The van der Waals surface area contributed by atoms with Crippen molar-refractivity contribution in [2.24, 2.45) is 5.41 Å². The normalized spacial score (nSPS) is 22.4. The topological polar surface area (TPSA) is 57.6 Å². The van der Waals surface area contributed by atoms with E-state index >= 15 is 0 Å². The second-order valence-corrected chi connectivity index (χ2v) is 5.39. The van der Waals surface area contributed by atoms with Gasteiger partial charge in [0.1, 0.15) is 0 Å². The van der Waals surface area contributed by atoms with Crippen LogP contribution in [0.25, 0.3) is 0 Å². The van der Waals surface area contributed by atoms with Crippen molar-refractivity contribution < 1.29 is 27.9 Å². The van der Waals surface area contributed by atoms with Crippen LogP contribution in [-0.4, -0.2) is 35.0 Å². The second-order valence-electron chi connectivity index (χ2n) is 5.39. The molecule has 1 amide bonds. The Labute approximate surface area is 119 Å². The highest BCUT2D eigenvalue weighted by Gasteiger charge is 2.43. The van der Waals surface area contributed by atoms with Gasteiger partial charge in [-0.15, -0.1) is 0 Å². The van der Waals surface area contributed by atoms with E-state index < -0.39 is 34.6 Å². The number of carbonyl (C=O) groups is 2. The zero-order valence-electron chi connectivity index (χ0n) is 11.3. The van der Waals surface area contributed by atoms with Crippen LogP contribution in [0.15, 0.2) is 24.3 Å². The van der Waals surface area contributed by atoms with Crippen molar-refractivity contribution in [3.8, 4) is 0 Å². The van der Waals surface area contributed by atoms with Gasteiger partial charge in [-0.2, -0.15) is 13.2 Å². The van der Waals surface area contributed by atoms with E-state index in [0.29, 0.717) is 0 Å². The number of alkyl halides is 3. The largest absolute Gasteiger partial charge is 0.481 e. The molecule has 2 rings (SSSR count). The van der Waals surface area contributed by atoms with E-state index in [-0.39, 0.29) is 19.5 Å². The molecule has 0 unspecified atom stereocenters. The average Bonchev–Trinajstić information content (AvgIpc) is 2.81. The Hall–Kier alpha value is -2.05. The summed E-state index contributed by atoms with van der Waals surface area (Å²) in [6.07, 6.45) is -4.40. The first-order valence-corrected chi connectivity index (χ1v) is 6.34. The number of aliphatic carboxylic acids is 1. The molecule has 1 saturated heterocycles. The van der Waals surface area contributed by atoms with Crippen LogP contribution in [0.5, 0.6) is 0 Å². The van der Waals surface area contributed by atoms with Crippen molar-refractivity contribution in [2.45, 2.75) is 19.5 Å². The van der Waals surface area contributed by atoms with E-state index in [9.17, 15) is 22.8 Å². The first kappa shape index (κ1) is 15.3. The third kappa shape index (κ3) is 2.86. The molecule has 4 nitrogen and oxygen atoms in total. The predicted molar refractivity (Wildman–Crippen MR) is 67.7 cm³/mol. The molecule has 7 heteroatoms. The Morgan fingerprint density at radius 2 is 1.90 bits per heavy atom. The lowest BCUT2D eigenvalue weighted by Crippen LogP contribution is -2.35. The van der Waals surface area contributed by atoms with Gasteiger partial charge in [0.2, 0.25) is 0 Å². The van der Waals surface area contributed by atoms with E-state index in [2.05, 4.69) is 0 Å². The molecule has 1 atom stereocenters. The molecule has 0 aromatic heterocycles. The van der Waals surface area contributed by atoms with E-state index in [1.165, 1.54) is 24.0 Å². The van der Waals surface area contributed by atoms with E-state index in [4.69, 9.17) is 5.11 Å². The molecule has 1 fully saturated rings. The number of nitrogens with zero attached hydrogens (tertiary/aromatic N) is 1. The van der Waals surface area contributed by atoms with Gasteiger partial charge < -0.3 is 10.0 Å². The summed E-state index contributed by atoms with van der Waals surface area (Å²) in [6, 6.07) is 4.53. The van der Waals surface area contributed by atoms with Gasteiger partial charge in [-0.25, -0.2) is 0 Å². The Balaban J connectivity index is 2.29. The van der Waals surface area contributed by atoms with E-state index in [1.807, 2.05) is 0 Å². The van der Waals surface area contributed by atoms with Crippen LogP contribution < -0.4 is 0 Å². The maximum atomic E-state index is 12.9. The number of carboxylic acids is 1. The van der Waals surface area contributed by atoms with Crippen molar-refractivity contribution in [1.29, 1.82) is 0 Å². The maximum Gasteiger partial charge on any atom is 0.417 e. The number of rotatable bonds is 2. The summed E-state index contributed by atoms with van der Waals surface area (Å²) < 4.78 is 38.7. The van der Waals surface area contributed by atoms with Crippen LogP contribution >= 0.6 is 0 Å². The third-order valence-electron chi connectivity index (χ3n) is 3.74. The van der Waals surface area contributed by atoms with Crippen molar-refractivity contribution in [3.63, 3.8) is 0 Å². The highest BCUT2D eigenvalue weighted by molar-refractivity contribution is 5.96.